The lowest BCUT2D eigenvalue weighted by Gasteiger charge is -2.18. The van der Waals surface area contributed by atoms with Crippen LogP contribution in [-0.2, 0) is 14.8 Å². The van der Waals surface area contributed by atoms with Crippen LogP contribution in [0.15, 0.2) is 57.9 Å². The van der Waals surface area contributed by atoms with E-state index in [1.807, 2.05) is 31.2 Å². The van der Waals surface area contributed by atoms with Gasteiger partial charge in [-0.05, 0) is 55.8 Å². The molecule has 0 bridgehead atoms. The van der Waals surface area contributed by atoms with Crippen LogP contribution in [0.3, 0.4) is 0 Å². The maximum atomic E-state index is 12.5. The summed E-state index contributed by atoms with van der Waals surface area (Å²) in [5, 5.41) is 2.59. The summed E-state index contributed by atoms with van der Waals surface area (Å²) in [7, 11) is -3.23. The first-order valence-corrected chi connectivity index (χ1v) is 11.5. The van der Waals surface area contributed by atoms with E-state index in [9.17, 15) is 13.2 Å². The van der Waals surface area contributed by atoms with Crippen molar-refractivity contribution in [3.05, 3.63) is 53.0 Å². The molecule has 26 heavy (non-hydrogen) atoms. The Morgan fingerprint density at radius 1 is 1.23 bits per heavy atom. The van der Waals surface area contributed by atoms with Gasteiger partial charge in [-0.1, -0.05) is 22.0 Å². The third-order valence-corrected chi connectivity index (χ3v) is 7.51. The first-order valence-electron chi connectivity index (χ1n) is 8.19. The summed E-state index contributed by atoms with van der Waals surface area (Å²) in [6.45, 7) is 2.33. The fourth-order valence-electron chi connectivity index (χ4n) is 2.68. The normalized spacial score (nSPS) is 17.1. The third kappa shape index (κ3) is 4.61. The number of anilines is 2. The van der Waals surface area contributed by atoms with E-state index in [1.54, 1.807) is 24.3 Å². The number of rotatable bonds is 5. The van der Waals surface area contributed by atoms with Gasteiger partial charge in [0.25, 0.3) is 0 Å². The highest BCUT2D eigenvalue weighted by Gasteiger charge is 2.28. The van der Waals surface area contributed by atoms with Crippen LogP contribution in [0.25, 0.3) is 0 Å². The van der Waals surface area contributed by atoms with Gasteiger partial charge in [0, 0.05) is 21.6 Å². The van der Waals surface area contributed by atoms with E-state index < -0.39 is 10.0 Å². The Morgan fingerprint density at radius 3 is 2.62 bits per heavy atom. The molecule has 0 aromatic heterocycles. The van der Waals surface area contributed by atoms with Crippen molar-refractivity contribution in [2.24, 2.45) is 0 Å². The average Bonchev–Trinajstić information content (AvgIpc) is 2.96. The number of nitrogens with one attached hydrogen (secondary N) is 1. The van der Waals surface area contributed by atoms with Crippen molar-refractivity contribution in [3.63, 3.8) is 0 Å². The van der Waals surface area contributed by atoms with E-state index in [0.29, 0.717) is 24.3 Å². The average molecular weight is 455 g/mol. The smallest absolute Gasteiger partial charge is 0.237 e. The predicted octanol–water partition coefficient (Wildman–Crippen LogP) is 4.11. The minimum atomic E-state index is -3.23. The van der Waals surface area contributed by atoms with Crippen LogP contribution in [-0.4, -0.2) is 31.9 Å². The first-order chi connectivity index (χ1) is 12.3. The molecule has 2 aromatic rings. The van der Waals surface area contributed by atoms with E-state index in [2.05, 4.69) is 21.2 Å². The molecule has 2 aromatic carbocycles. The summed E-state index contributed by atoms with van der Waals surface area (Å²) < 4.78 is 26.5. The van der Waals surface area contributed by atoms with Gasteiger partial charge >= 0.3 is 0 Å². The highest BCUT2D eigenvalue weighted by molar-refractivity contribution is 9.10. The van der Waals surface area contributed by atoms with Crippen molar-refractivity contribution >= 4 is 55.0 Å². The van der Waals surface area contributed by atoms with Crippen LogP contribution in [0.1, 0.15) is 13.3 Å². The molecular weight excluding hydrogens is 436 g/mol. The molecule has 1 saturated heterocycles. The molecule has 0 spiro atoms. The van der Waals surface area contributed by atoms with Crippen LogP contribution in [0.5, 0.6) is 0 Å². The number of halogens is 1. The van der Waals surface area contributed by atoms with Crippen molar-refractivity contribution in [1.29, 1.82) is 0 Å². The Labute approximate surface area is 166 Å². The Bertz CT molecular complexity index is 901. The van der Waals surface area contributed by atoms with Crippen LogP contribution in [0.4, 0.5) is 11.4 Å². The Kier molecular flexibility index (Phi) is 5.94. The summed E-state index contributed by atoms with van der Waals surface area (Å²) in [4.78, 5) is 13.5. The van der Waals surface area contributed by atoms with Crippen LogP contribution in [0, 0.1) is 0 Å². The summed E-state index contributed by atoms with van der Waals surface area (Å²) >= 11 is 4.86. The number of carbonyl (C=O) groups excluding carboxylic acids is 1. The quantitative estimate of drug-likeness (QED) is 0.690. The Hall–Kier alpha value is -1.51. The standard InChI is InChI=1S/C18H19BrN2O3S2/c1-13(25-17-8-6-14(19)7-9-17)18(22)20-15-4-2-5-16(12-15)21-10-3-11-26(21,23)24/h2,4-9,12-13H,3,10-11H2,1H3,(H,20,22). The van der Waals surface area contributed by atoms with Gasteiger partial charge in [0.15, 0.2) is 0 Å². The number of amides is 1. The van der Waals surface area contributed by atoms with Gasteiger partial charge < -0.3 is 5.32 Å². The summed E-state index contributed by atoms with van der Waals surface area (Å²) in [5.74, 6) is 0.0455. The molecule has 1 N–H and O–H groups in total. The highest BCUT2D eigenvalue weighted by Crippen LogP contribution is 2.28. The van der Waals surface area contributed by atoms with Crippen molar-refractivity contribution < 1.29 is 13.2 Å². The molecule has 1 fully saturated rings. The van der Waals surface area contributed by atoms with E-state index in [4.69, 9.17) is 0 Å². The molecule has 1 aliphatic heterocycles. The number of nitrogens with zero attached hydrogens (tertiary/aromatic N) is 1. The summed E-state index contributed by atoms with van der Waals surface area (Å²) in [6, 6.07) is 14.8. The molecule has 1 amide bonds. The van der Waals surface area contributed by atoms with E-state index in [0.717, 1.165) is 9.37 Å². The van der Waals surface area contributed by atoms with Gasteiger partial charge in [-0.25, -0.2) is 8.42 Å². The lowest BCUT2D eigenvalue weighted by molar-refractivity contribution is -0.115. The number of hydrogen-bond donors (Lipinski definition) is 1. The van der Waals surface area contributed by atoms with Crippen molar-refractivity contribution in [2.75, 3.05) is 21.9 Å². The molecule has 8 heteroatoms. The van der Waals surface area contributed by atoms with E-state index in [-0.39, 0.29) is 16.9 Å². The molecule has 1 aliphatic rings. The van der Waals surface area contributed by atoms with E-state index >= 15 is 0 Å². The first kappa shape index (κ1) is 19.3. The molecule has 0 aliphatic carbocycles. The fraction of sp³-hybridized carbons (Fsp3) is 0.278. The van der Waals surface area contributed by atoms with Crippen LogP contribution < -0.4 is 9.62 Å². The molecule has 1 heterocycles. The largest absolute Gasteiger partial charge is 0.325 e. The molecule has 1 unspecified atom stereocenters. The predicted molar refractivity (Wildman–Crippen MR) is 110 cm³/mol. The monoisotopic (exact) mass is 454 g/mol. The number of hydrogen-bond acceptors (Lipinski definition) is 4. The minimum Gasteiger partial charge on any atom is -0.325 e. The second kappa shape index (κ2) is 8.02. The molecule has 1 atom stereocenters. The lowest BCUT2D eigenvalue weighted by atomic mass is 10.2. The molecule has 0 radical (unpaired) electrons. The maximum Gasteiger partial charge on any atom is 0.237 e. The summed E-state index contributed by atoms with van der Waals surface area (Å²) in [6.07, 6.45) is 0.625. The van der Waals surface area contributed by atoms with Gasteiger partial charge in [0.1, 0.15) is 0 Å². The number of thioether (sulfide) groups is 1. The third-order valence-electron chi connectivity index (χ3n) is 4.00. The van der Waals surface area contributed by atoms with Crippen LogP contribution >= 0.6 is 27.7 Å². The minimum absolute atomic E-state index is 0.126. The van der Waals surface area contributed by atoms with Gasteiger partial charge in [0.2, 0.25) is 15.9 Å². The molecule has 5 nitrogen and oxygen atoms in total. The molecule has 138 valence electrons. The second-order valence-corrected chi connectivity index (χ2v) is 10.3. The van der Waals surface area contributed by atoms with Gasteiger partial charge in [-0.15, -0.1) is 11.8 Å². The highest BCUT2D eigenvalue weighted by atomic mass is 79.9. The van der Waals surface area contributed by atoms with Gasteiger partial charge in [0.05, 0.1) is 16.7 Å². The molecule has 0 saturated carbocycles. The number of carbonyl (C=O) groups is 1. The Morgan fingerprint density at radius 2 is 1.96 bits per heavy atom. The topological polar surface area (TPSA) is 66.5 Å². The lowest BCUT2D eigenvalue weighted by Crippen LogP contribution is -2.25. The SMILES string of the molecule is CC(Sc1ccc(Br)cc1)C(=O)Nc1cccc(N2CCCS2(=O)=O)c1. The number of benzene rings is 2. The fourth-order valence-corrected chi connectivity index (χ4v) is 5.37. The zero-order valence-corrected chi connectivity index (χ0v) is 17.4. The zero-order chi connectivity index (χ0) is 18.7. The Balaban J connectivity index is 1.67. The van der Waals surface area contributed by atoms with Crippen LogP contribution in [0.2, 0.25) is 0 Å². The summed E-state index contributed by atoms with van der Waals surface area (Å²) in [5.41, 5.74) is 1.19. The van der Waals surface area contributed by atoms with Gasteiger partial charge in [-0.2, -0.15) is 0 Å². The van der Waals surface area contributed by atoms with Crippen molar-refractivity contribution in [1.82, 2.24) is 0 Å². The molecular formula is C18H19BrN2O3S2. The number of sulfonamides is 1. The molecule has 3 rings (SSSR count). The second-order valence-electron chi connectivity index (χ2n) is 6.00. The zero-order valence-electron chi connectivity index (χ0n) is 14.2. The maximum absolute atomic E-state index is 12.5. The van der Waals surface area contributed by atoms with Crippen molar-refractivity contribution in [2.45, 2.75) is 23.5 Å². The van der Waals surface area contributed by atoms with E-state index in [1.165, 1.54) is 16.1 Å². The van der Waals surface area contributed by atoms with Gasteiger partial charge in [-0.3, -0.25) is 9.10 Å². The van der Waals surface area contributed by atoms with Crippen molar-refractivity contribution in [3.8, 4) is 0 Å².